The predicted molar refractivity (Wildman–Crippen MR) is 104 cm³/mol. The lowest BCUT2D eigenvalue weighted by molar-refractivity contribution is -0.942. The number of aliphatic hydroxyl groups excluding tert-OH is 2. The van der Waals surface area contributed by atoms with Crippen LogP contribution in [0.2, 0.25) is 0 Å². The Labute approximate surface area is 165 Å². The van der Waals surface area contributed by atoms with Crippen molar-refractivity contribution in [2.45, 2.75) is 36.9 Å². The largest absolute Gasteiger partial charge is 0.468 e. The Morgan fingerprint density at radius 3 is 2.86 bits per heavy atom. The average molecular weight is 385 g/mol. The second-order valence-corrected chi connectivity index (χ2v) is 9.19. The van der Waals surface area contributed by atoms with Crippen LogP contribution in [0.25, 0.3) is 0 Å². The Morgan fingerprint density at radius 2 is 2.18 bits per heavy atom. The van der Waals surface area contributed by atoms with Crippen LogP contribution >= 0.6 is 0 Å². The highest BCUT2D eigenvalue weighted by molar-refractivity contribution is 5.85. The van der Waals surface area contributed by atoms with Gasteiger partial charge in [-0.1, -0.05) is 24.3 Å². The van der Waals surface area contributed by atoms with Crippen molar-refractivity contribution < 1.29 is 24.2 Å². The van der Waals surface area contributed by atoms with Crippen LogP contribution < -0.4 is 5.32 Å². The van der Waals surface area contributed by atoms with Gasteiger partial charge in [-0.3, -0.25) is 9.28 Å². The molecule has 6 nitrogen and oxygen atoms in total. The van der Waals surface area contributed by atoms with Crippen LogP contribution in [0.5, 0.6) is 0 Å². The number of methoxy groups -OCH3 is 1. The van der Waals surface area contributed by atoms with Crippen LogP contribution in [0.15, 0.2) is 35.9 Å². The molecular weight excluding hydrogens is 356 g/mol. The highest BCUT2D eigenvalue weighted by Gasteiger charge is 2.90. The molecule has 6 heteroatoms. The number of fused-ring (bicyclic) bond motifs is 2. The van der Waals surface area contributed by atoms with Crippen LogP contribution in [0.3, 0.4) is 0 Å². The fraction of sp³-hybridized carbons (Fsp3) is 0.591. The predicted octanol–water partition coefficient (Wildman–Crippen LogP) is 1.39. The van der Waals surface area contributed by atoms with Crippen molar-refractivity contribution in [3.8, 4) is 0 Å². The number of carbonyl (C=O) groups is 1. The maximum absolute atomic E-state index is 13.5. The summed E-state index contributed by atoms with van der Waals surface area (Å²) in [6.07, 6.45) is 2.63. The molecular formula is C22H29N2O4+. The van der Waals surface area contributed by atoms with E-state index in [-0.39, 0.29) is 6.61 Å². The molecule has 0 radical (unpaired) electrons. The second-order valence-electron chi connectivity index (χ2n) is 9.19. The summed E-state index contributed by atoms with van der Waals surface area (Å²) in [5.41, 5.74) is 0.542. The standard InChI is InChI=1S/C22H29N2O4/c1-4-14-11-16-18(26)22-21(9-10-24(22,2)12-14,20(16,13-25)19(27)28-3)15-7-5-6-8-17(15)23-22/h4-8,16,18,23,25-26H,9-13H2,1-3H3/q+1/t16-,18+,20-,21-,22?,24?/m0/s1. The lowest BCUT2D eigenvalue weighted by Gasteiger charge is -2.50. The number of hydrogen-bond acceptors (Lipinski definition) is 5. The number of nitrogens with zero attached hydrogens (tertiary/aromatic N) is 1. The zero-order valence-electron chi connectivity index (χ0n) is 16.7. The number of ether oxygens (including phenoxy) is 1. The van der Waals surface area contributed by atoms with Gasteiger partial charge in [0.05, 0.1) is 32.7 Å². The zero-order chi connectivity index (χ0) is 19.9. The summed E-state index contributed by atoms with van der Waals surface area (Å²) in [5, 5.41) is 26.4. The molecule has 150 valence electrons. The molecule has 1 aliphatic carbocycles. The highest BCUT2D eigenvalue weighted by atomic mass is 16.5. The van der Waals surface area contributed by atoms with Gasteiger partial charge in [0.25, 0.3) is 0 Å². The molecule has 2 unspecified atom stereocenters. The zero-order valence-corrected chi connectivity index (χ0v) is 16.7. The summed E-state index contributed by atoms with van der Waals surface area (Å²) < 4.78 is 5.94. The van der Waals surface area contributed by atoms with Crippen molar-refractivity contribution in [3.05, 3.63) is 41.5 Å². The van der Waals surface area contributed by atoms with Gasteiger partial charge in [-0.15, -0.1) is 0 Å². The van der Waals surface area contributed by atoms with Crippen LogP contribution in [0.1, 0.15) is 25.3 Å². The van der Waals surface area contributed by atoms with E-state index in [1.165, 1.54) is 12.7 Å². The number of rotatable bonds is 2. The van der Waals surface area contributed by atoms with Crippen LogP contribution in [0.4, 0.5) is 5.69 Å². The van der Waals surface area contributed by atoms with Crippen molar-refractivity contribution in [2.75, 3.05) is 39.2 Å². The average Bonchev–Trinajstić information content (AvgIpc) is 3.20. The highest BCUT2D eigenvalue weighted by Crippen LogP contribution is 2.75. The third-order valence-corrected chi connectivity index (χ3v) is 8.64. The minimum atomic E-state index is -1.19. The Morgan fingerprint density at radius 1 is 1.43 bits per heavy atom. The molecule has 0 aromatic heterocycles. The molecule has 3 heterocycles. The number of benzene rings is 1. The number of hydrogen-bond donors (Lipinski definition) is 3. The number of para-hydroxylation sites is 1. The Kier molecular flexibility index (Phi) is 3.49. The quantitative estimate of drug-likeness (QED) is 0.407. The Hall–Kier alpha value is -1.89. The molecule has 2 saturated heterocycles. The number of nitrogens with one attached hydrogen (secondary N) is 1. The van der Waals surface area contributed by atoms with E-state index in [9.17, 15) is 15.0 Å². The molecule has 1 aromatic rings. The third kappa shape index (κ3) is 1.52. The lowest BCUT2D eigenvalue weighted by atomic mass is 9.56. The maximum Gasteiger partial charge on any atom is 0.315 e. The summed E-state index contributed by atoms with van der Waals surface area (Å²) in [7, 11) is 3.57. The van der Waals surface area contributed by atoms with Gasteiger partial charge in [-0.2, -0.15) is 0 Å². The van der Waals surface area contributed by atoms with Crippen molar-refractivity contribution in [1.82, 2.24) is 0 Å². The van der Waals surface area contributed by atoms with Gasteiger partial charge in [0.15, 0.2) is 0 Å². The van der Waals surface area contributed by atoms with Crippen LogP contribution in [-0.4, -0.2) is 66.3 Å². The number of likely N-dealkylation sites (N-methyl/N-ethyl adjacent to an activating group) is 1. The first kappa shape index (κ1) is 18.2. The van der Waals surface area contributed by atoms with Gasteiger partial charge in [-0.25, -0.2) is 0 Å². The first-order chi connectivity index (χ1) is 13.4. The molecule has 6 atom stereocenters. The van der Waals surface area contributed by atoms with E-state index < -0.39 is 34.5 Å². The molecule has 0 amide bonds. The number of aliphatic hydroxyl groups is 2. The molecule has 4 aliphatic rings. The van der Waals surface area contributed by atoms with Crippen LogP contribution in [-0.2, 0) is 14.9 Å². The monoisotopic (exact) mass is 385 g/mol. The fourth-order valence-corrected chi connectivity index (χ4v) is 7.64. The lowest BCUT2D eigenvalue weighted by Crippen LogP contribution is -2.71. The molecule has 1 saturated carbocycles. The second kappa shape index (κ2) is 5.38. The molecule has 1 aromatic carbocycles. The number of carbonyl (C=O) groups excluding carboxylic acids is 1. The normalized spacial score (nSPS) is 46.7. The summed E-state index contributed by atoms with van der Waals surface area (Å²) in [6, 6.07) is 8.03. The summed E-state index contributed by atoms with van der Waals surface area (Å²) >= 11 is 0. The Bertz CT molecular complexity index is 900. The van der Waals surface area contributed by atoms with Crippen molar-refractivity contribution >= 4 is 11.7 Å². The first-order valence-electron chi connectivity index (χ1n) is 10.1. The van der Waals surface area contributed by atoms with E-state index in [1.54, 1.807) is 0 Å². The van der Waals surface area contributed by atoms with Crippen molar-refractivity contribution in [1.29, 1.82) is 0 Å². The van der Waals surface area contributed by atoms with E-state index in [0.29, 0.717) is 17.3 Å². The van der Waals surface area contributed by atoms with Gasteiger partial charge in [-0.05, 0) is 30.5 Å². The maximum atomic E-state index is 13.5. The summed E-state index contributed by atoms with van der Waals surface area (Å²) in [5.74, 6) is -0.817. The van der Waals surface area contributed by atoms with Gasteiger partial charge < -0.3 is 20.3 Å². The number of quaternary nitrogens is 1. The molecule has 5 rings (SSSR count). The first-order valence-corrected chi connectivity index (χ1v) is 10.1. The summed E-state index contributed by atoms with van der Waals surface area (Å²) in [4.78, 5) is 13.5. The number of allylic oxidation sites excluding steroid dienone is 1. The summed E-state index contributed by atoms with van der Waals surface area (Å²) in [6.45, 7) is 3.33. The van der Waals surface area contributed by atoms with Crippen LogP contribution in [0, 0.1) is 11.3 Å². The number of anilines is 1. The molecule has 2 bridgehead atoms. The smallest absolute Gasteiger partial charge is 0.315 e. The van der Waals surface area contributed by atoms with E-state index in [4.69, 9.17) is 4.74 Å². The van der Waals surface area contributed by atoms with E-state index in [1.807, 2.05) is 25.1 Å². The molecule has 1 spiro atoms. The van der Waals surface area contributed by atoms with Gasteiger partial charge in [0.2, 0.25) is 5.66 Å². The molecule has 28 heavy (non-hydrogen) atoms. The van der Waals surface area contributed by atoms with Crippen molar-refractivity contribution in [3.63, 3.8) is 0 Å². The van der Waals surface area contributed by atoms with E-state index in [0.717, 1.165) is 24.3 Å². The van der Waals surface area contributed by atoms with Gasteiger partial charge in [0, 0.05) is 18.0 Å². The van der Waals surface area contributed by atoms with E-state index >= 15 is 0 Å². The molecule has 3 aliphatic heterocycles. The SMILES string of the molecule is CC=C1C[C@H]2[C@@H](O)C34Nc5ccccc5[C@@]3(CC[N+]4(C)C1)[C@]2(CO)C(=O)OC. The van der Waals surface area contributed by atoms with Crippen molar-refractivity contribution in [2.24, 2.45) is 11.3 Å². The minimum Gasteiger partial charge on any atom is -0.468 e. The minimum absolute atomic E-state index is 0.337. The number of esters is 1. The topological polar surface area (TPSA) is 78.8 Å². The van der Waals surface area contributed by atoms with Gasteiger partial charge >= 0.3 is 5.97 Å². The van der Waals surface area contributed by atoms with Gasteiger partial charge in [0.1, 0.15) is 18.1 Å². The molecule has 3 N–H and O–H groups in total. The Balaban J connectivity index is 1.92. The third-order valence-electron chi connectivity index (χ3n) is 8.64. The fourth-order valence-electron chi connectivity index (χ4n) is 7.64. The van der Waals surface area contributed by atoms with E-state index in [2.05, 4.69) is 24.5 Å². The molecule has 3 fully saturated rings.